The van der Waals surface area contributed by atoms with Crippen LogP contribution in [0.2, 0.25) is 0 Å². The van der Waals surface area contributed by atoms with Crippen molar-refractivity contribution in [1.29, 1.82) is 0 Å². The Labute approximate surface area is 425 Å². The number of rotatable bonds is 47. The van der Waals surface area contributed by atoms with Crippen molar-refractivity contribution in [3.05, 3.63) is 85.1 Å². The van der Waals surface area contributed by atoms with Gasteiger partial charge in [-0.2, -0.15) is 8.42 Å². The van der Waals surface area contributed by atoms with Crippen LogP contribution in [0.1, 0.15) is 206 Å². The molecule has 0 radical (unpaired) electrons. The summed E-state index contributed by atoms with van der Waals surface area (Å²) in [6.07, 6.45) is 54.6. The van der Waals surface area contributed by atoms with Crippen LogP contribution in [-0.2, 0) is 38.3 Å². The molecule has 0 aromatic carbocycles. The summed E-state index contributed by atoms with van der Waals surface area (Å²) in [5, 5.41) is 30.8. The van der Waals surface area contributed by atoms with E-state index in [-0.39, 0.29) is 19.6 Å². The molecule has 1 saturated heterocycles. The van der Waals surface area contributed by atoms with Gasteiger partial charge in [0.2, 0.25) is 0 Å². The first-order chi connectivity index (χ1) is 34.1. The van der Waals surface area contributed by atoms with Gasteiger partial charge in [-0.3, -0.25) is 9.35 Å². The Kier molecular flexibility index (Phi) is 44.1. The maximum absolute atomic E-state index is 12.9. The minimum Gasteiger partial charge on any atom is -0.457 e. The number of ether oxygens (including phenoxy) is 4. The lowest BCUT2D eigenvalue weighted by molar-refractivity contribution is -0.301. The summed E-state index contributed by atoms with van der Waals surface area (Å²) in [6.45, 7) is 3.83. The Morgan fingerprint density at radius 3 is 1.44 bits per heavy atom. The second kappa shape index (κ2) is 47.3. The molecule has 0 amide bonds. The number of aliphatic hydroxyl groups is 3. The van der Waals surface area contributed by atoms with E-state index >= 15 is 0 Å². The van der Waals surface area contributed by atoms with Gasteiger partial charge in [0.25, 0.3) is 0 Å². The molecule has 6 unspecified atom stereocenters. The van der Waals surface area contributed by atoms with E-state index in [0.717, 1.165) is 103 Å². The highest BCUT2D eigenvalue weighted by molar-refractivity contribution is 7.80. The summed E-state index contributed by atoms with van der Waals surface area (Å²) in [7, 11) is -5.07. The zero-order valence-electron chi connectivity index (χ0n) is 43.6. The molecule has 404 valence electrons. The van der Waals surface area contributed by atoms with Gasteiger partial charge in [0, 0.05) is 13.0 Å². The molecule has 6 atom stereocenters. The van der Waals surface area contributed by atoms with Crippen molar-refractivity contribution in [2.75, 3.05) is 26.4 Å². The van der Waals surface area contributed by atoms with Crippen LogP contribution in [0.15, 0.2) is 85.1 Å². The minimum absolute atomic E-state index is 0.0241. The number of hydrogen-bond donors (Lipinski definition) is 4. The molecule has 0 spiro atoms. The van der Waals surface area contributed by atoms with Crippen molar-refractivity contribution in [2.24, 2.45) is 0 Å². The predicted octanol–water partition coefficient (Wildman–Crippen LogP) is 13.2. The number of hydrogen-bond acceptors (Lipinski definition) is 11. The van der Waals surface area contributed by atoms with Crippen LogP contribution in [0.5, 0.6) is 0 Å². The number of allylic oxidation sites excluding steroid dienone is 14. The van der Waals surface area contributed by atoms with Crippen LogP contribution >= 0.6 is 0 Å². The molecule has 0 saturated carbocycles. The van der Waals surface area contributed by atoms with Crippen LogP contribution in [0.25, 0.3) is 0 Å². The second-order valence-electron chi connectivity index (χ2n) is 18.4. The topological polar surface area (TPSA) is 178 Å². The van der Waals surface area contributed by atoms with Crippen LogP contribution in [0, 0.1) is 0 Å². The van der Waals surface area contributed by atoms with E-state index in [0.29, 0.717) is 13.0 Å². The molecular formula is C57H98O12S. The van der Waals surface area contributed by atoms with Crippen LogP contribution in [0.4, 0.5) is 0 Å². The van der Waals surface area contributed by atoms with Crippen molar-refractivity contribution in [1.82, 2.24) is 0 Å². The van der Waals surface area contributed by atoms with Gasteiger partial charge in [-0.25, -0.2) is 4.18 Å². The third kappa shape index (κ3) is 39.8. The van der Waals surface area contributed by atoms with E-state index in [9.17, 15) is 33.1 Å². The summed E-state index contributed by atoms with van der Waals surface area (Å²) >= 11 is 0. The summed E-state index contributed by atoms with van der Waals surface area (Å²) in [6, 6.07) is 0. The molecule has 12 nitrogen and oxygen atoms in total. The van der Waals surface area contributed by atoms with Crippen molar-refractivity contribution in [2.45, 2.75) is 243 Å². The Bertz CT molecular complexity index is 1540. The summed E-state index contributed by atoms with van der Waals surface area (Å²) in [4.78, 5) is 12.9. The van der Waals surface area contributed by atoms with E-state index in [1.807, 2.05) is 0 Å². The van der Waals surface area contributed by atoms with Crippen LogP contribution < -0.4 is 0 Å². The number of carbonyl (C=O) groups is 1. The van der Waals surface area contributed by atoms with E-state index in [1.54, 1.807) is 0 Å². The number of esters is 1. The maximum atomic E-state index is 12.9. The summed E-state index contributed by atoms with van der Waals surface area (Å²) in [5.41, 5.74) is 0. The van der Waals surface area contributed by atoms with E-state index in [4.69, 9.17) is 18.9 Å². The summed E-state index contributed by atoms with van der Waals surface area (Å²) < 4.78 is 59.3. The Balaban J connectivity index is 2.34. The third-order valence-electron chi connectivity index (χ3n) is 12.0. The highest BCUT2D eigenvalue weighted by Crippen LogP contribution is 2.26. The standard InChI is InChI=1S/C57H98O12S/c1-3-5-7-9-11-13-15-17-19-21-23-24-25-26-27-29-31-33-35-37-39-41-43-45-47-65-49-51(50-66-57-55(61)56(69-70(62,63)64)54(60)52(48-58)68-57)67-53(59)46-44-42-40-38-36-34-32-30-28-22-20-18-16-14-12-10-8-6-4-2/h5,7,11-14,17-20,23-24,28,30,51-52,54-58,60-61H,3-4,6,8-10,15-16,21-22,25-27,29,31-50H2,1-2H3,(H,62,63,64)/b7-5-,13-11-,14-12-,19-17-,20-18-,24-23-,30-28-. The molecule has 13 heteroatoms. The number of unbranched alkanes of at least 4 members (excludes halogenated alkanes) is 20. The predicted molar refractivity (Wildman–Crippen MR) is 285 cm³/mol. The average molecular weight is 1010 g/mol. The normalized spacial score (nSPS) is 19.8. The van der Waals surface area contributed by atoms with E-state index < -0.39 is 59.8 Å². The first kappa shape index (κ1) is 65.3. The molecule has 1 aliphatic heterocycles. The molecule has 70 heavy (non-hydrogen) atoms. The maximum Gasteiger partial charge on any atom is 0.397 e. The molecule has 1 fully saturated rings. The largest absolute Gasteiger partial charge is 0.457 e. The van der Waals surface area contributed by atoms with Gasteiger partial charge >= 0.3 is 16.4 Å². The molecule has 0 aromatic heterocycles. The van der Waals surface area contributed by atoms with Crippen molar-refractivity contribution in [3.63, 3.8) is 0 Å². The van der Waals surface area contributed by atoms with Crippen molar-refractivity contribution < 1.29 is 56.2 Å². The van der Waals surface area contributed by atoms with Gasteiger partial charge in [-0.1, -0.05) is 195 Å². The first-order valence-electron chi connectivity index (χ1n) is 27.3. The average Bonchev–Trinajstić information content (AvgIpc) is 3.34. The smallest absolute Gasteiger partial charge is 0.397 e. The molecule has 0 aromatic rings. The third-order valence-corrected chi connectivity index (χ3v) is 12.5. The van der Waals surface area contributed by atoms with Crippen LogP contribution in [-0.4, -0.2) is 97.5 Å². The van der Waals surface area contributed by atoms with E-state index in [1.165, 1.54) is 77.0 Å². The molecule has 1 rings (SSSR count). The zero-order valence-corrected chi connectivity index (χ0v) is 44.4. The van der Waals surface area contributed by atoms with Gasteiger partial charge < -0.3 is 34.3 Å². The van der Waals surface area contributed by atoms with Gasteiger partial charge in [0.05, 0.1) is 19.8 Å². The zero-order chi connectivity index (χ0) is 51.0. The second-order valence-corrected chi connectivity index (χ2v) is 19.5. The fraction of sp³-hybridized carbons (Fsp3) is 0.737. The minimum atomic E-state index is -5.07. The molecule has 1 aliphatic rings. The summed E-state index contributed by atoms with van der Waals surface area (Å²) in [5.74, 6) is -0.414. The lowest BCUT2D eigenvalue weighted by atomic mass is 9.99. The highest BCUT2D eigenvalue weighted by Gasteiger charge is 2.48. The molecule has 0 bridgehead atoms. The highest BCUT2D eigenvalue weighted by atomic mass is 32.3. The molecule has 1 heterocycles. The molecule has 0 aliphatic carbocycles. The Morgan fingerprint density at radius 2 is 0.986 bits per heavy atom. The number of carbonyl (C=O) groups excluding carboxylic acids is 1. The first-order valence-corrected chi connectivity index (χ1v) is 28.7. The fourth-order valence-electron chi connectivity index (χ4n) is 7.91. The van der Waals surface area contributed by atoms with Gasteiger partial charge in [-0.15, -0.1) is 0 Å². The monoisotopic (exact) mass is 1010 g/mol. The Hall–Kier alpha value is -2.72. The van der Waals surface area contributed by atoms with Gasteiger partial charge in [0.15, 0.2) is 6.29 Å². The lowest BCUT2D eigenvalue weighted by Crippen LogP contribution is -2.60. The number of aliphatic hydroxyl groups excluding tert-OH is 3. The quantitative estimate of drug-likeness (QED) is 0.0197. The van der Waals surface area contributed by atoms with Gasteiger partial charge in [-0.05, 0) is 89.9 Å². The molecular weight excluding hydrogens is 909 g/mol. The van der Waals surface area contributed by atoms with Crippen molar-refractivity contribution >= 4 is 16.4 Å². The Morgan fingerprint density at radius 1 is 0.557 bits per heavy atom. The molecule has 4 N–H and O–H groups in total. The fourth-order valence-corrected chi connectivity index (χ4v) is 8.41. The van der Waals surface area contributed by atoms with E-state index in [2.05, 4.69) is 103 Å². The van der Waals surface area contributed by atoms with Crippen molar-refractivity contribution in [3.8, 4) is 0 Å². The SMILES string of the molecule is CC/C=C\C/C=C\C/C=C\C/C=C\CCCCCCCCCCCCCOCC(COC1OC(CO)C(O)C(OS(=O)(=O)O)C1O)OC(=O)CCCCCCCC/C=C\C/C=C\C/C=C\CCCCC. The lowest BCUT2D eigenvalue weighted by Gasteiger charge is -2.41. The van der Waals surface area contributed by atoms with Crippen LogP contribution in [0.3, 0.4) is 0 Å². The van der Waals surface area contributed by atoms with Gasteiger partial charge in [0.1, 0.15) is 30.5 Å².